The number of thiophene rings is 1. The summed E-state index contributed by atoms with van der Waals surface area (Å²) in [5.74, 6) is 0. The molecule has 114 valence electrons. The van der Waals surface area contributed by atoms with Crippen molar-refractivity contribution in [2.75, 3.05) is 6.54 Å². The summed E-state index contributed by atoms with van der Waals surface area (Å²) in [4.78, 5) is 2.66. The number of halogens is 2. The van der Waals surface area contributed by atoms with Gasteiger partial charge in [-0.05, 0) is 49.7 Å². The van der Waals surface area contributed by atoms with Crippen LogP contribution in [0.5, 0.6) is 0 Å². The predicted octanol–water partition coefficient (Wildman–Crippen LogP) is 6.59. The Balaban J connectivity index is 2.33. The zero-order valence-electron chi connectivity index (χ0n) is 12.7. The first-order valence-electron chi connectivity index (χ1n) is 7.35. The summed E-state index contributed by atoms with van der Waals surface area (Å²) < 4.78 is 1.10. The minimum atomic E-state index is 0.457. The van der Waals surface area contributed by atoms with E-state index in [4.69, 9.17) is 11.6 Å². The Morgan fingerprint density at radius 2 is 2.05 bits per heavy atom. The lowest BCUT2D eigenvalue weighted by Crippen LogP contribution is -2.19. The molecule has 2 aromatic rings. The highest BCUT2D eigenvalue weighted by atomic mass is 79.9. The minimum Gasteiger partial charge on any atom is -0.310 e. The van der Waals surface area contributed by atoms with Crippen molar-refractivity contribution in [1.82, 2.24) is 5.32 Å². The van der Waals surface area contributed by atoms with Gasteiger partial charge in [-0.1, -0.05) is 47.8 Å². The standard InChI is InChI=1S/C17H21BrClNS/c1-4-6-15(20-5-2)17-8-7-16(21-17)12-10-14(19)11(3)9-13(12)18/h7-10,15,20H,4-6H2,1-3H3. The van der Waals surface area contributed by atoms with Crippen LogP contribution in [0.25, 0.3) is 10.4 Å². The molecule has 0 fully saturated rings. The third kappa shape index (κ3) is 4.10. The van der Waals surface area contributed by atoms with E-state index in [9.17, 15) is 0 Å². The molecule has 1 heterocycles. The Hall–Kier alpha value is -0.350. The van der Waals surface area contributed by atoms with E-state index in [1.807, 2.05) is 18.3 Å². The topological polar surface area (TPSA) is 12.0 Å². The summed E-state index contributed by atoms with van der Waals surface area (Å²) in [6.45, 7) is 7.42. The molecule has 0 amide bonds. The molecule has 1 aromatic heterocycles. The molecule has 0 aliphatic rings. The molecule has 0 spiro atoms. The van der Waals surface area contributed by atoms with E-state index in [0.717, 1.165) is 21.6 Å². The van der Waals surface area contributed by atoms with Gasteiger partial charge in [0, 0.05) is 30.9 Å². The lowest BCUT2D eigenvalue weighted by molar-refractivity contribution is 0.516. The summed E-state index contributed by atoms with van der Waals surface area (Å²) in [7, 11) is 0. The van der Waals surface area contributed by atoms with Crippen LogP contribution >= 0.6 is 38.9 Å². The average Bonchev–Trinajstić information content (AvgIpc) is 2.92. The van der Waals surface area contributed by atoms with Crippen LogP contribution in [-0.2, 0) is 0 Å². The summed E-state index contributed by atoms with van der Waals surface area (Å²) in [6.07, 6.45) is 2.36. The molecule has 21 heavy (non-hydrogen) atoms. The van der Waals surface area contributed by atoms with Crippen LogP contribution in [0.2, 0.25) is 5.02 Å². The molecule has 1 unspecified atom stereocenters. The summed E-state index contributed by atoms with van der Waals surface area (Å²) >= 11 is 11.8. The van der Waals surface area contributed by atoms with Gasteiger partial charge in [-0.3, -0.25) is 0 Å². The second-order valence-electron chi connectivity index (χ2n) is 5.18. The van der Waals surface area contributed by atoms with Gasteiger partial charge in [-0.25, -0.2) is 0 Å². The van der Waals surface area contributed by atoms with E-state index in [1.54, 1.807) is 0 Å². The highest BCUT2D eigenvalue weighted by Gasteiger charge is 2.14. The SMILES string of the molecule is CCCC(NCC)c1ccc(-c2cc(Cl)c(C)cc2Br)s1. The molecule has 2 rings (SSSR count). The third-order valence-electron chi connectivity index (χ3n) is 3.51. The first kappa shape index (κ1) is 17.0. The largest absolute Gasteiger partial charge is 0.310 e. The maximum Gasteiger partial charge on any atom is 0.0442 e. The fourth-order valence-electron chi connectivity index (χ4n) is 2.40. The van der Waals surface area contributed by atoms with Crippen LogP contribution in [-0.4, -0.2) is 6.54 Å². The second-order valence-corrected chi connectivity index (χ2v) is 7.56. The Morgan fingerprint density at radius 1 is 1.29 bits per heavy atom. The van der Waals surface area contributed by atoms with E-state index < -0.39 is 0 Å². The van der Waals surface area contributed by atoms with Gasteiger partial charge < -0.3 is 5.32 Å². The lowest BCUT2D eigenvalue weighted by atomic mass is 10.1. The van der Waals surface area contributed by atoms with Crippen LogP contribution in [0, 0.1) is 6.92 Å². The third-order valence-corrected chi connectivity index (χ3v) is 5.81. The molecule has 0 radical (unpaired) electrons. The van der Waals surface area contributed by atoms with E-state index in [-0.39, 0.29) is 0 Å². The maximum absolute atomic E-state index is 6.28. The van der Waals surface area contributed by atoms with Crippen molar-refractivity contribution in [3.8, 4) is 10.4 Å². The lowest BCUT2D eigenvalue weighted by Gasteiger charge is -2.15. The Kier molecular flexibility index (Phi) is 6.30. The van der Waals surface area contributed by atoms with Crippen molar-refractivity contribution >= 4 is 38.9 Å². The Morgan fingerprint density at radius 3 is 2.71 bits per heavy atom. The van der Waals surface area contributed by atoms with Crippen LogP contribution < -0.4 is 5.32 Å². The smallest absolute Gasteiger partial charge is 0.0442 e. The van der Waals surface area contributed by atoms with Crippen molar-refractivity contribution in [3.63, 3.8) is 0 Å². The van der Waals surface area contributed by atoms with Crippen molar-refractivity contribution in [2.24, 2.45) is 0 Å². The molecule has 0 bridgehead atoms. The molecule has 0 saturated carbocycles. The van der Waals surface area contributed by atoms with Crippen LogP contribution in [0.4, 0.5) is 0 Å². The van der Waals surface area contributed by atoms with Crippen LogP contribution in [0.1, 0.15) is 43.2 Å². The maximum atomic E-state index is 6.28. The van der Waals surface area contributed by atoms with Crippen LogP contribution in [0.15, 0.2) is 28.7 Å². The number of benzene rings is 1. The average molecular weight is 387 g/mol. The van der Waals surface area contributed by atoms with Crippen molar-refractivity contribution in [3.05, 3.63) is 44.2 Å². The molecule has 1 atom stereocenters. The molecule has 0 aliphatic heterocycles. The fraction of sp³-hybridized carbons (Fsp3) is 0.412. The van der Waals surface area contributed by atoms with E-state index in [2.05, 4.69) is 59.4 Å². The second kappa shape index (κ2) is 7.77. The van der Waals surface area contributed by atoms with Gasteiger partial charge in [0.05, 0.1) is 0 Å². The minimum absolute atomic E-state index is 0.457. The highest BCUT2D eigenvalue weighted by Crippen LogP contribution is 2.38. The molecule has 0 aliphatic carbocycles. The molecular weight excluding hydrogens is 366 g/mol. The first-order valence-corrected chi connectivity index (χ1v) is 9.34. The van der Waals surface area contributed by atoms with Gasteiger partial charge in [-0.15, -0.1) is 11.3 Å². The van der Waals surface area contributed by atoms with Crippen molar-refractivity contribution < 1.29 is 0 Å². The number of hydrogen-bond donors (Lipinski definition) is 1. The molecule has 4 heteroatoms. The van der Waals surface area contributed by atoms with E-state index >= 15 is 0 Å². The molecule has 0 saturated heterocycles. The summed E-state index contributed by atoms with van der Waals surface area (Å²) in [5, 5.41) is 4.39. The monoisotopic (exact) mass is 385 g/mol. The first-order chi connectivity index (χ1) is 10.1. The number of aryl methyl sites for hydroxylation is 1. The number of nitrogens with one attached hydrogen (secondary N) is 1. The normalized spacial score (nSPS) is 12.6. The summed E-state index contributed by atoms with van der Waals surface area (Å²) in [6, 6.07) is 9.04. The highest BCUT2D eigenvalue weighted by molar-refractivity contribution is 9.10. The van der Waals surface area contributed by atoms with E-state index in [1.165, 1.54) is 28.2 Å². The molecule has 1 nitrogen and oxygen atoms in total. The summed E-state index contributed by atoms with van der Waals surface area (Å²) in [5.41, 5.74) is 2.27. The molecular formula is C17H21BrClNS. The van der Waals surface area contributed by atoms with Gasteiger partial charge in [0.15, 0.2) is 0 Å². The fourth-order valence-corrected chi connectivity index (χ4v) is 4.51. The Labute approximate surface area is 144 Å². The van der Waals surface area contributed by atoms with Gasteiger partial charge in [0.2, 0.25) is 0 Å². The van der Waals surface area contributed by atoms with Crippen LogP contribution in [0.3, 0.4) is 0 Å². The number of hydrogen-bond acceptors (Lipinski definition) is 2. The predicted molar refractivity (Wildman–Crippen MR) is 98.5 cm³/mol. The molecule has 1 N–H and O–H groups in total. The number of rotatable bonds is 6. The van der Waals surface area contributed by atoms with E-state index in [0.29, 0.717) is 6.04 Å². The zero-order chi connectivity index (χ0) is 15.4. The van der Waals surface area contributed by atoms with Gasteiger partial charge in [0.25, 0.3) is 0 Å². The van der Waals surface area contributed by atoms with Crippen molar-refractivity contribution in [1.29, 1.82) is 0 Å². The van der Waals surface area contributed by atoms with Crippen molar-refractivity contribution in [2.45, 2.75) is 39.7 Å². The Bertz CT molecular complexity index is 603. The van der Waals surface area contributed by atoms with Gasteiger partial charge >= 0.3 is 0 Å². The van der Waals surface area contributed by atoms with Gasteiger partial charge in [-0.2, -0.15) is 0 Å². The zero-order valence-corrected chi connectivity index (χ0v) is 15.8. The quantitative estimate of drug-likeness (QED) is 0.590. The van der Waals surface area contributed by atoms with Gasteiger partial charge in [0.1, 0.15) is 0 Å². The molecule has 1 aromatic carbocycles.